The third-order valence-electron chi connectivity index (χ3n) is 3.54. The van der Waals surface area contributed by atoms with Crippen molar-refractivity contribution in [3.8, 4) is 0 Å². The minimum absolute atomic E-state index is 0.106. The molecule has 4 heteroatoms. The zero-order valence-corrected chi connectivity index (χ0v) is 11.1. The highest BCUT2D eigenvalue weighted by Gasteiger charge is 2.32. The Morgan fingerprint density at radius 1 is 1.10 bits per heavy atom. The van der Waals surface area contributed by atoms with E-state index in [1.165, 1.54) is 12.1 Å². The lowest BCUT2D eigenvalue weighted by molar-refractivity contribution is 0.251. The van der Waals surface area contributed by atoms with Crippen LogP contribution < -0.4 is 10.2 Å². The molecule has 1 fully saturated rings. The zero-order valence-electron chi connectivity index (χ0n) is 11.1. The van der Waals surface area contributed by atoms with Gasteiger partial charge in [0.15, 0.2) is 0 Å². The normalized spacial score (nSPS) is 18.2. The van der Waals surface area contributed by atoms with E-state index in [1.807, 2.05) is 31.2 Å². The summed E-state index contributed by atoms with van der Waals surface area (Å²) < 4.78 is 13.0. The highest BCUT2D eigenvalue weighted by atomic mass is 19.1. The van der Waals surface area contributed by atoms with Gasteiger partial charge in [0.05, 0.1) is 6.04 Å². The summed E-state index contributed by atoms with van der Waals surface area (Å²) in [5, 5.41) is 2.84. The molecule has 1 aliphatic rings. The lowest BCUT2D eigenvalue weighted by Crippen LogP contribution is -2.29. The van der Waals surface area contributed by atoms with E-state index in [-0.39, 0.29) is 17.9 Å². The molecule has 3 nitrogen and oxygen atoms in total. The maximum absolute atomic E-state index is 13.0. The molecule has 0 radical (unpaired) electrons. The van der Waals surface area contributed by atoms with Crippen LogP contribution >= 0.6 is 0 Å². The Balaban J connectivity index is 1.96. The van der Waals surface area contributed by atoms with Crippen molar-refractivity contribution in [3.63, 3.8) is 0 Å². The Bertz CT molecular complexity index is 622. The highest BCUT2D eigenvalue weighted by Crippen LogP contribution is 2.30. The first-order chi connectivity index (χ1) is 9.65. The smallest absolute Gasteiger partial charge is 0.322 e. The van der Waals surface area contributed by atoms with Crippen LogP contribution in [0.4, 0.5) is 14.9 Å². The van der Waals surface area contributed by atoms with Crippen molar-refractivity contribution in [2.45, 2.75) is 13.0 Å². The van der Waals surface area contributed by atoms with Crippen molar-refractivity contribution in [1.29, 1.82) is 0 Å². The molecule has 1 atom stereocenters. The molecule has 0 aliphatic carbocycles. The number of nitrogens with one attached hydrogen (secondary N) is 1. The number of urea groups is 1. The Hall–Kier alpha value is -2.36. The Labute approximate surface area is 117 Å². The van der Waals surface area contributed by atoms with Crippen molar-refractivity contribution >= 4 is 11.7 Å². The summed E-state index contributed by atoms with van der Waals surface area (Å²) in [5.41, 5.74) is 2.91. The zero-order chi connectivity index (χ0) is 14.1. The van der Waals surface area contributed by atoms with Crippen LogP contribution in [0.5, 0.6) is 0 Å². The molecule has 1 N–H and O–H groups in total. The van der Waals surface area contributed by atoms with Gasteiger partial charge in [-0.2, -0.15) is 0 Å². The van der Waals surface area contributed by atoms with Gasteiger partial charge >= 0.3 is 6.03 Å². The predicted octanol–water partition coefficient (Wildman–Crippen LogP) is 3.41. The van der Waals surface area contributed by atoms with E-state index in [0.29, 0.717) is 6.54 Å². The number of nitrogens with zero attached hydrogens (tertiary/aromatic N) is 1. The average Bonchev–Trinajstić information content (AvgIpc) is 2.83. The van der Waals surface area contributed by atoms with Crippen LogP contribution in [0, 0.1) is 12.7 Å². The monoisotopic (exact) mass is 270 g/mol. The van der Waals surface area contributed by atoms with Crippen molar-refractivity contribution in [2.24, 2.45) is 0 Å². The average molecular weight is 270 g/mol. The lowest BCUT2D eigenvalue weighted by atomic mass is 10.1. The van der Waals surface area contributed by atoms with Gasteiger partial charge in [0.2, 0.25) is 0 Å². The van der Waals surface area contributed by atoms with E-state index in [1.54, 1.807) is 17.0 Å². The van der Waals surface area contributed by atoms with Gasteiger partial charge in [-0.05, 0) is 36.8 Å². The number of hydrogen-bond acceptors (Lipinski definition) is 1. The van der Waals surface area contributed by atoms with E-state index in [2.05, 4.69) is 5.32 Å². The molecule has 0 aromatic heterocycles. The van der Waals surface area contributed by atoms with Crippen LogP contribution in [0.1, 0.15) is 17.2 Å². The van der Waals surface area contributed by atoms with E-state index in [9.17, 15) is 9.18 Å². The molecule has 2 amide bonds. The molecule has 3 rings (SSSR count). The SMILES string of the molecule is Cc1ccc(N2C(=O)NCC2c2ccc(F)cc2)cc1. The van der Waals surface area contributed by atoms with E-state index >= 15 is 0 Å². The fourth-order valence-electron chi connectivity index (χ4n) is 2.46. The van der Waals surface area contributed by atoms with Gasteiger partial charge in [-0.15, -0.1) is 0 Å². The number of rotatable bonds is 2. The summed E-state index contributed by atoms with van der Waals surface area (Å²) in [4.78, 5) is 13.8. The largest absolute Gasteiger partial charge is 0.335 e. The second-order valence-corrected chi connectivity index (χ2v) is 4.96. The molecule has 20 heavy (non-hydrogen) atoms. The molecule has 1 heterocycles. The first kappa shape index (κ1) is 12.7. The van der Waals surface area contributed by atoms with Gasteiger partial charge in [0.1, 0.15) is 5.82 Å². The van der Waals surface area contributed by atoms with Crippen molar-refractivity contribution in [3.05, 3.63) is 65.5 Å². The third-order valence-corrected chi connectivity index (χ3v) is 3.54. The van der Waals surface area contributed by atoms with E-state index in [4.69, 9.17) is 0 Å². The minimum atomic E-state index is -0.270. The van der Waals surface area contributed by atoms with Gasteiger partial charge in [-0.1, -0.05) is 29.8 Å². The number of anilines is 1. The number of hydrogen-bond donors (Lipinski definition) is 1. The van der Waals surface area contributed by atoms with Gasteiger partial charge in [-0.3, -0.25) is 4.90 Å². The van der Waals surface area contributed by atoms with E-state index < -0.39 is 0 Å². The number of aryl methyl sites for hydroxylation is 1. The molecule has 0 bridgehead atoms. The Morgan fingerprint density at radius 3 is 2.40 bits per heavy atom. The third kappa shape index (κ3) is 2.25. The van der Waals surface area contributed by atoms with E-state index in [0.717, 1.165) is 16.8 Å². The standard InChI is InChI=1S/C16H15FN2O/c1-11-2-8-14(9-3-11)19-15(10-18-16(19)20)12-4-6-13(17)7-5-12/h2-9,15H,10H2,1H3,(H,18,20). The molecule has 102 valence electrons. The molecule has 1 saturated heterocycles. The minimum Gasteiger partial charge on any atom is -0.335 e. The van der Waals surface area contributed by atoms with Crippen molar-refractivity contribution in [2.75, 3.05) is 11.4 Å². The molecule has 2 aromatic rings. The van der Waals surface area contributed by atoms with Crippen LogP contribution in [-0.4, -0.2) is 12.6 Å². The quantitative estimate of drug-likeness (QED) is 0.891. The van der Waals surface area contributed by atoms with Crippen LogP contribution in [0.15, 0.2) is 48.5 Å². The molecular formula is C16H15FN2O. The summed E-state index contributed by atoms with van der Waals surface area (Å²) in [6.07, 6.45) is 0. The first-order valence-electron chi connectivity index (χ1n) is 6.54. The first-order valence-corrected chi connectivity index (χ1v) is 6.54. The molecular weight excluding hydrogens is 255 g/mol. The molecule has 0 spiro atoms. The topological polar surface area (TPSA) is 32.3 Å². The fraction of sp³-hybridized carbons (Fsp3) is 0.188. The summed E-state index contributed by atoms with van der Waals surface area (Å²) >= 11 is 0. The van der Waals surface area contributed by atoms with Gasteiger partial charge in [-0.25, -0.2) is 9.18 Å². The fourth-order valence-corrected chi connectivity index (χ4v) is 2.46. The predicted molar refractivity (Wildman–Crippen MR) is 76.2 cm³/mol. The van der Waals surface area contributed by atoms with Crippen LogP contribution in [0.3, 0.4) is 0 Å². The highest BCUT2D eigenvalue weighted by molar-refractivity contribution is 5.95. The van der Waals surface area contributed by atoms with Gasteiger partial charge in [0, 0.05) is 12.2 Å². The lowest BCUT2D eigenvalue weighted by Gasteiger charge is -2.23. The molecule has 1 aliphatic heterocycles. The molecule has 0 saturated carbocycles. The van der Waals surface area contributed by atoms with Gasteiger partial charge < -0.3 is 5.32 Å². The van der Waals surface area contributed by atoms with Crippen LogP contribution in [0.2, 0.25) is 0 Å². The van der Waals surface area contributed by atoms with Gasteiger partial charge in [0.25, 0.3) is 0 Å². The number of carbonyl (C=O) groups excluding carboxylic acids is 1. The Morgan fingerprint density at radius 2 is 1.75 bits per heavy atom. The molecule has 1 unspecified atom stereocenters. The summed E-state index contributed by atoms with van der Waals surface area (Å²) in [7, 11) is 0. The number of benzene rings is 2. The summed E-state index contributed by atoms with van der Waals surface area (Å²) in [6, 6.07) is 13.9. The van der Waals surface area contributed by atoms with Crippen molar-refractivity contribution < 1.29 is 9.18 Å². The van der Waals surface area contributed by atoms with Crippen LogP contribution in [0.25, 0.3) is 0 Å². The number of carbonyl (C=O) groups is 1. The second-order valence-electron chi connectivity index (χ2n) is 4.96. The Kier molecular flexibility index (Phi) is 3.14. The molecule has 2 aromatic carbocycles. The van der Waals surface area contributed by atoms with Crippen molar-refractivity contribution in [1.82, 2.24) is 5.32 Å². The second kappa shape index (κ2) is 4.96. The summed E-state index contributed by atoms with van der Waals surface area (Å²) in [5.74, 6) is -0.270. The summed E-state index contributed by atoms with van der Waals surface area (Å²) in [6.45, 7) is 2.53. The number of halogens is 1. The maximum atomic E-state index is 13.0. The maximum Gasteiger partial charge on any atom is 0.322 e. The van der Waals surface area contributed by atoms with Crippen LogP contribution in [-0.2, 0) is 0 Å². The number of amides is 2.